The summed E-state index contributed by atoms with van der Waals surface area (Å²) in [4.78, 5) is 12.2. The number of amides is 1. The van der Waals surface area contributed by atoms with Crippen molar-refractivity contribution in [3.8, 4) is 0 Å². The van der Waals surface area contributed by atoms with Crippen LogP contribution >= 0.6 is 15.9 Å². The SMILES string of the molecule is Cc1cccc(C(C)C)c1NC(=O)CNc1cccc(Br)c1. The molecule has 0 aromatic heterocycles. The molecule has 0 spiro atoms. The highest BCUT2D eigenvalue weighted by Crippen LogP contribution is 2.27. The lowest BCUT2D eigenvalue weighted by molar-refractivity contribution is -0.114. The van der Waals surface area contributed by atoms with Gasteiger partial charge in [-0.05, 0) is 42.2 Å². The largest absolute Gasteiger partial charge is 0.376 e. The Hall–Kier alpha value is -1.81. The van der Waals surface area contributed by atoms with Crippen LogP contribution < -0.4 is 10.6 Å². The van der Waals surface area contributed by atoms with Crippen LogP contribution in [0.25, 0.3) is 0 Å². The normalized spacial score (nSPS) is 10.6. The quantitative estimate of drug-likeness (QED) is 0.793. The second kappa shape index (κ2) is 7.45. The highest BCUT2D eigenvalue weighted by atomic mass is 79.9. The molecule has 0 bridgehead atoms. The maximum Gasteiger partial charge on any atom is 0.243 e. The van der Waals surface area contributed by atoms with Gasteiger partial charge in [0.05, 0.1) is 6.54 Å². The standard InChI is InChI=1S/C18H21BrN2O/c1-12(2)16-9-4-6-13(3)18(16)21-17(22)11-20-15-8-5-7-14(19)10-15/h4-10,12,20H,11H2,1-3H3,(H,21,22). The number of carbonyl (C=O) groups excluding carboxylic acids is 1. The van der Waals surface area contributed by atoms with E-state index in [1.54, 1.807) is 0 Å². The molecular weight excluding hydrogens is 340 g/mol. The molecule has 2 rings (SSSR count). The lowest BCUT2D eigenvalue weighted by atomic mass is 9.98. The Kier molecular flexibility index (Phi) is 5.61. The van der Waals surface area contributed by atoms with Crippen LogP contribution in [0.2, 0.25) is 0 Å². The number of hydrogen-bond donors (Lipinski definition) is 2. The second-order valence-corrected chi connectivity index (χ2v) is 6.52. The van der Waals surface area contributed by atoms with Crippen molar-refractivity contribution in [2.45, 2.75) is 26.7 Å². The van der Waals surface area contributed by atoms with Crippen LogP contribution in [0.1, 0.15) is 30.9 Å². The van der Waals surface area contributed by atoms with Crippen molar-refractivity contribution in [1.29, 1.82) is 0 Å². The lowest BCUT2D eigenvalue weighted by Gasteiger charge is -2.16. The predicted molar refractivity (Wildman–Crippen MR) is 96.5 cm³/mol. The summed E-state index contributed by atoms with van der Waals surface area (Å²) in [5, 5.41) is 6.16. The number of anilines is 2. The Bertz CT molecular complexity index is 668. The summed E-state index contributed by atoms with van der Waals surface area (Å²) >= 11 is 3.42. The molecule has 116 valence electrons. The number of halogens is 1. The first kappa shape index (κ1) is 16.6. The molecular formula is C18H21BrN2O. The number of aryl methyl sites for hydroxylation is 1. The van der Waals surface area contributed by atoms with E-state index in [0.29, 0.717) is 5.92 Å². The van der Waals surface area contributed by atoms with Crippen molar-refractivity contribution in [3.63, 3.8) is 0 Å². The van der Waals surface area contributed by atoms with Crippen molar-refractivity contribution in [3.05, 3.63) is 58.1 Å². The van der Waals surface area contributed by atoms with Crippen LogP contribution in [0, 0.1) is 6.92 Å². The van der Waals surface area contributed by atoms with E-state index in [9.17, 15) is 4.79 Å². The number of hydrogen-bond acceptors (Lipinski definition) is 2. The molecule has 0 aliphatic rings. The van der Waals surface area contributed by atoms with Gasteiger partial charge in [-0.2, -0.15) is 0 Å². The van der Waals surface area contributed by atoms with E-state index in [1.165, 1.54) is 0 Å². The Morgan fingerprint density at radius 2 is 1.91 bits per heavy atom. The molecule has 0 saturated carbocycles. The minimum absolute atomic E-state index is 0.0452. The highest BCUT2D eigenvalue weighted by molar-refractivity contribution is 9.10. The maximum absolute atomic E-state index is 12.2. The minimum atomic E-state index is -0.0452. The van der Waals surface area contributed by atoms with Crippen molar-refractivity contribution in [1.82, 2.24) is 0 Å². The summed E-state index contributed by atoms with van der Waals surface area (Å²) in [6.45, 7) is 6.51. The summed E-state index contributed by atoms with van der Waals surface area (Å²) in [5.74, 6) is 0.324. The van der Waals surface area contributed by atoms with E-state index in [-0.39, 0.29) is 12.5 Å². The fraction of sp³-hybridized carbons (Fsp3) is 0.278. The summed E-state index contributed by atoms with van der Waals surface area (Å²) in [7, 11) is 0. The zero-order valence-electron chi connectivity index (χ0n) is 13.1. The van der Waals surface area contributed by atoms with Crippen molar-refractivity contribution in [2.75, 3.05) is 17.2 Å². The first-order chi connectivity index (χ1) is 10.5. The Morgan fingerprint density at radius 1 is 1.18 bits per heavy atom. The van der Waals surface area contributed by atoms with Gasteiger partial charge in [0.15, 0.2) is 0 Å². The third-order valence-electron chi connectivity index (χ3n) is 3.47. The van der Waals surface area contributed by atoms with Gasteiger partial charge in [0, 0.05) is 15.8 Å². The molecule has 0 atom stereocenters. The number of rotatable bonds is 5. The summed E-state index contributed by atoms with van der Waals surface area (Å²) in [5.41, 5.74) is 4.09. The van der Waals surface area contributed by atoms with Crippen LogP contribution in [0.4, 0.5) is 11.4 Å². The van der Waals surface area contributed by atoms with Gasteiger partial charge in [-0.15, -0.1) is 0 Å². The van der Waals surface area contributed by atoms with Crippen LogP contribution in [-0.2, 0) is 4.79 Å². The van der Waals surface area contributed by atoms with E-state index in [1.807, 2.05) is 43.3 Å². The van der Waals surface area contributed by atoms with Crippen molar-refractivity contribution < 1.29 is 4.79 Å². The minimum Gasteiger partial charge on any atom is -0.376 e. The van der Waals surface area contributed by atoms with Gasteiger partial charge in [0.25, 0.3) is 0 Å². The molecule has 2 aromatic carbocycles. The fourth-order valence-electron chi connectivity index (χ4n) is 2.31. The molecule has 1 amide bonds. The molecule has 4 heteroatoms. The lowest BCUT2D eigenvalue weighted by Crippen LogP contribution is -2.23. The van der Waals surface area contributed by atoms with Crippen molar-refractivity contribution >= 4 is 33.2 Å². The molecule has 2 N–H and O–H groups in total. The summed E-state index contributed by atoms with van der Waals surface area (Å²) in [6, 6.07) is 13.9. The van der Waals surface area contributed by atoms with Gasteiger partial charge in [0.2, 0.25) is 5.91 Å². The van der Waals surface area contributed by atoms with Gasteiger partial charge >= 0.3 is 0 Å². The monoisotopic (exact) mass is 360 g/mol. The molecule has 3 nitrogen and oxygen atoms in total. The van der Waals surface area contributed by atoms with Crippen LogP contribution in [0.3, 0.4) is 0 Å². The van der Waals surface area contributed by atoms with Crippen LogP contribution in [0.15, 0.2) is 46.9 Å². The van der Waals surface area contributed by atoms with Crippen LogP contribution in [-0.4, -0.2) is 12.5 Å². The molecule has 2 aromatic rings. The number of nitrogens with one attached hydrogen (secondary N) is 2. The van der Waals surface area contributed by atoms with E-state index in [2.05, 4.69) is 46.5 Å². The molecule has 22 heavy (non-hydrogen) atoms. The molecule has 0 aliphatic carbocycles. The number of carbonyl (C=O) groups is 1. The first-order valence-electron chi connectivity index (χ1n) is 7.36. The average Bonchev–Trinajstić information content (AvgIpc) is 2.47. The number of para-hydroxylation sites is 1. The molecule has 0 unspecified atom stereocenters. The van der Waals surface area contributed by atoms with Gasteiger partial charge in [0.1, 0.15) is 0 Å². The third kappa shape index (κ3) is 4.34. The first-order valence-corrected chi connectivity index (χ1v) is 8.15. The Morgan fingerprint density at radius 3 is 2.59 bits per heavy atom. The summed E-state index contributed by atoms with van der Waals surface area (Å²) in [6.07, 6.45) is 0. The molecule has 0 heterocycles. The molecule has 0 radical (unpaired) electrons. The van der Waals surface area contributed by atoms with E-state index in [4.69, 9.17) is 0 Å². The molecule has 0 aliphatic heterocycles. The van der Waals surface area contributed by atoms with E-state index in [0.717, 1.165) is 27.0 Å². The second-order valence-electron chi connectivity index (χ2n) is 5.61. The van der Waals surface area contributed by atoms with Gasteiger partial charge in [-0.1, -0.05) is 54.0 Å². The summed E-state index contributed by atoms with van der Waals surface area (Å²) < 4.78 is 0.985. The Balaban J connectivity index is 2.03. The molecule has 0 saturated heterocycles. The fourth-order valence-corrected chi connectivity index (χ4v) is 2.71. The highest BCUT2D eigenvalue weighted by Gasteiger charge is 2.11. The smallest absolute Gasteiger partial charge is 0.243 e. The average molecular weight is 361 g/mol. The number of benzene rings is 2. The van der Waals surface area contributed by atoms with E-state index < -0.39 is 0 Å². The van der Waals surface area contributed by atoms with Crippen LogP contribution in [0.5, 0.6) is 0 Å². The maximum atomic E-state index is 12.2. The zero-order valence-corrected chi connectivity index (χ0v) is 14.7. The van der Waals surface area contributed by atoms with Crippen molar-refractivity contribution in [2.24, 2.45) is 0 Å². The Labute approximate surface area is 140 Å². The predicted octanol–water partition coefficient (Wildman–Crippen LogP) is 4.93. The van der Waals surface area contributed by atoms with Gasteiger partial charge in [-0.25, -0.2) is 0 Å². The van der Waals surface area contributed by atoms with Gasteiger partial charge in [-0.3, -0.25) is 4.79 Å². The molecule has 0 fully saturated rings. The zero-order chi connectivity index (χ0) is 16.1. The van der Waals surface area contributed by atoms with E-state index >= 15 is 0 Å². The van der Waals surface area contributed by atoms with Gasteiger partial charge < -0.3 is 10.6 Å². The topological polar surface area (TPSA) is 41.1 Å². The third-order valence-corrected chi connectivity index (χ3v) is 3.96.